The maximum Gasteiger partial charge on any atom is 0.163 e. The Balaban J connectivity index is 1.91. The first kappa shape index (κ1) is 12.7. The molecule has 0 aliphatic rings. The fourth-order valence-electron chi connectivity index (χ4n) is 1.81. The summed E-state index contributed by atoms with van der Waals surface area (Å²) in [5.41, 5.74) is 1.36. The molecule has 2 rings (SSSR count). The number of rotatable bonds is 5. The number of benzene rings is 1. The van der Waals surface area contributed by atoms with Crippen molar-refractivity contribution in [2.75, 3.05) is 6.54 Å². The van der Waals surface area contributed by atoms with Gasteiger partial charge in [0, 0.05) is 36.5 Å². The van der Waals surface area contributed by atoms with Crippen molar-refractivity contribution in [3.05, 3.63) is 53.6 Å². The Morgan fingerprint density at radius 3 is 2.94 bits per heavy atom. The third-order valence-corrected chi connectivity index (χ3v) is 2.85. The molecule has 1 atom stereocenters. The van der Waals surface area contributed by atoms with Crippen LogP contribution in [-0.4, -0.2) is 16.5 Å². The Labute approximate surface area is 104 Å². The molecule has 3 nitrogen and oxygen atoms in total. The van der Waals surface area contributed by atoms with Gasteiger partial charge in [0.05, 0.1) is 6.33 Å². The lowest BCUT2D eigenvalue weighted by atomic mass is 10.1. The molecule has 1 aromatic heterocycles. The van der Waals surface area contributed by atoms with Crippen molar-refractivity contribution in [3.63, 3.8) is 0 Å². The van der Waals surface area contributed by atoms with Crippen molar-refractivity contribution >= 4 is 0 Å². The highest BCUT2D eigenvalue weighted by atomic mass is 19.2. The van der Waals surface area contributed by atoms with E-state index in [4.69, 9.17) is 0 Å². The standard InChI is InChI=1S/C13H15F2N3/c1-9(11-3-2-4-12(14)13(11)15)17-6-5-10-7-16-8-18-10/h2-4,7-9,17H,5-6H2,1H3,(H,16,18). The highest BCUT2D eigenvalue weighted by Crippen LogP contribution is 2.18. The van der Waals surface area contributed by atoms with E-state index >= 15 is 0 Å². The van der Waals surface area contributed by atoms with Gasteiger partial charge in [0.1, 0.15) is 0 Å². The molecule has 0 aliphatic carbocycles. The van der Waals surface area contributed by atoms with Gasteiger partial charge in [-0.15, -0.1) is 0 Å². The number of nitrogens with one attached hydrogen (secondary N) is 2. The van der Waals surface area contributed by atoms with Gasteiger partial charge in [-0.25, -0.2) is 13.8 Å². The molecule has 0 spiro atoms. The molecule has 18 heavy (non-hydrogen) atoms. The molecule has 0 aliphatic heterocycles. The predicted molar refractivity (Wildman–Crippen MR) is 65.1 cm³/mol. The lowest BCUT2D eigenvalue weighted by Crippen LogP contribution is -2.22. The Morgan fingerprint density at radius 1 is 1.39 bits per heavy atom. The van der Waals surface area contributed by atoms with Gasteiger partial charge in [-0.3, -0.25) is 0 Å². The van der Waals surface area contributed by atoms with Gasteiger partial charge >= 0.3 is 0 Å². The average molecular weight is 251 g/mol. The van der Waals surface area contributed by atoms with Gasteiger partial charge in [-0.05, 0) is 13.0 Å². The van der Waals surface area contributed by atoms with Crippen LogP contribution in [0, 0.1) is 11.6 Å². The van der Waals surface area contributed by atoms with E-state index in [0.29, 0.717) is 12.1 Å². The van der Waals surface area contributed by atoms with Crippen LogP contribution in [0.15, 0.2) is 30.7 Å². The quantitative estimate of drug-likeness (QED) is 0.857. The third-order valence-electron chi connectivity index (χ3n) is 2.85. The fourth-order valence-corrected chi connectivity index (χ4v) is 1.81. The Hall–Kier alpha value is -1.75. The first-order valence-electron chi connectivity index (χ1n) is 5.83. The molecule has 0 bridgehead atoms. The molecule has 1 unspecified atom stereocenters. The SMILES string of the molecule is CC(NCCc1cnc[nH]1)c1cccc(F)c1F. The molecule has 96 valence electrons. The van der Waals surface area contributed by atoms with Crippen LogP contribution >= 0.6 is 0 Å². The molecule has 0 fully saturated rings. The van der Waals surface area contributed by atoms with Crippen molar-refractivity contribution in [2.24, 2.45) is 0 Å². The van der Waals surface area contributed by atoms with E-state index in [1.165, 1.54) is 6.07 Å². The normalized spacial score (nSPS) is 12.6. The molecule has 0 amide bonds. The third kappa shape index (κ3) is 2.92. The molecular weight excluding hydrogens is 236 g/mol. The van der Waals surface area contributed by atoms with Gasteiger partial charge in [0.2, 0.25) is 0 Å². The van der Waals surface area contributed by atoms with Crippen LogP contribution in [0.2, 0.25) is 0 Å². The summed E-state index contributed by atoms with van der Waals surface area (Å²) in [6.45, 7) is 2.48. The van der Waals surface area contributed by atoms with Crippen LogP contribution in [0.3, 0.4) is 0 Å². The van der Waals surface area contributed by atoms with E-state index < -0.39 is 11.6 Å². The smallest absolute Gasteiger partial charge is 0.163 e. The van der Waals surface area contributed by atoms with Crippen molar-refractivity contribution in [2.45, 2.75) is 19.4 Å². The number of nitrogens with zero attached hydrogens (tertiary/aromatic N) is 1. The van der Waals surface area contributed by atoms with Crippen molar-refractivity contribution in [1.29, 1.82) is 0 Å². The zero-order valence-electron chi connectivity index (χ0n) is 10.1. The average Bonchev–Trinajstić information content (AvgIpc) is 2.85. The lowest BCUT2D eigenvalue weighted by Gasteiger charge is -2.14. The summed E-state index contributed by atoms with van der Waals surface area (Å²) in [5.74, 6) is -1.59. The van der Waals surface area contributed by atoms with Crippen LogP contribution in [0.5, 0.6) is 0 Å². The fraction of sp³-hybridized carbons (Fsp3) is 0.308. The molecule has 2 N–H and O–H groups in total. The molecule has 5 heteroatoms. The predicted octanol–water partition coefficient (Wildman–Crippen LogP) is 2.58. The van der Waals surface area contributed by atoms with Crippen LogP contribution in [0.25, 0.3) is 0 Å². The Morgan fingerprint density at radius 2 is 2.22 bits per heavy atom. The van der Waals surface area contributed by atoms with Crippen LogP contribution in [-0.2, 0) is 6.42 Å². The molecule has 0 saturated heterocycles. The molecule has 1 aromatic carbocycles. The van der Waals surface area contributed by atoms with E-state index in [9.17, 15) is 8.78 Å². The minimum Gasteiger partial charge on any atom is -0.348 e. The summed E-state index contributed by atoms with van der Waals surface area (Å²) in [4.78, 5) is 6.90. The van der Waals surface area contributed by atoms with Gasteiger partial charge in [-0.1, -0.05) is 12.1 Å². The van der Waals surface area contributed by atoms with E-state index in [1.807, 2.05) is 6.92 Å². The number of H-pyrrole nitrogens is 1. The molecular formula is C13H15F2N3. The second kappa shape index (κ2) is 5.73. The highest BCUT2D eigenvalue weighted by molar-refractivity contribution is 5.22. The van der Waals surface area contributed by atoms with Crippen molar-refractivity contribution in [1.82, 2.24) is 15.3 Å². The highest BCUT2D eigenvalue weighted by Gasteiger charge is 2.13. The van der Waals surface area contributed by atoms with Gasteiger partial charge in [-0.2, -0.15) is 0 Å². The van der Waals surface area contributed by atoms with Crippen LogP contribution in [0.1, 0.15) is 24.2 Å². The topological polar surface area (TPSA) is 40.7 Å². The van der Waals surface area contributed by atoms with E-state index in [1.54, 1.807) is 18.6 Å². The number of imidazole rings is 1. The molecule has 0 radical (unpaired) electrons. The lowest BCUT2D eigenvalue weighted by molar-refractivity contribution is 0.473. The number of halogens is 2. The monoisotopic (exact) mass is 251 g/mol. The summed E-state index contributed by atoms with van der Waals surface area (Å²) in [6.07, 6.45) is 4.13. The summed E-state index contributed by atoms with van der Waals surface area (Å²) in [5, 5.41) is 3.15. The summed E-state index contributed by atoms with van der Waals surface area (Å²) in [7, 11) is 0. The summed E-state index contributed by atoms with van der Waals surface area (Å²) < 4.78 is 26.6. The van der Waals surface area contributed by atoms with E-state index in [2.05, 4.69) is 15.3 Å². The second-order valence-corrected chi connectivity index (χ2v) is 4.15. The minimum atomic E-state index is -0.810. The summed E-state index contributed by atoms with van der Waals surface area (Å²) >= 11 is 0. The van der Waals surface area contributed by atoms with Gasteiger partial charge < -0.3 is 10.3 Å². The maximum atomic E-state index is 13.5. The first-order chi connectivity index (χ1) is 8.68. The van der Waals surface area contributed by atoms with Crippen molar-refractivity contribution < 1.29 is 8.78 Å². The second-order valence-electron chi connectivity index (χ2n) is 4.15. The van der Waals surface area contributed by atoms with Gasteiger partial charge in [0.25, 0.3) is 0 Å². The first-order valence-corrected chi connectivity index (χ1v) is 5.83. The zero-order chi connectivity index (χ0) is 13.0. The largest absolute Gasteiger partial charge is 0.348 e. The Kier molecular flexibility index (Phi) is 4.04. The maximum absolute atomic E-state index is 13.5. The van der Waals surface area contributed by atoms with Crippen molar-refractivity contribution in [3.8, 4) is 0 Å². The number of hydrogen-bond donors (Lipinski definition) is 2. The van der Waals surface area contributed by atoms with Crippen LogP contribution < -0.4 is 5.32 Å². The van der Waals surface area contributed by atoms with E-state index in [-0.39, 0.29) is 6.04 Å². The zero-order valence-corrected chi connectivity index (χ0v) is 10.1. The van der Waals surface area contributed by atoms with Gasteiger partial charge in [0.15, 0.2) is 11.6 Å². The number of aromatic nitrogens is 2. The number of aromatic amines is 1. The number of hydrogen-bond acceptors (Lipinski definition) is 2. The molecule has 1 heterocycles. The minimum absolute atomic E-state index is 0.233. The van der Waals surface area contributed by atoms with E-state index in [0.717, 1.165) is 18.2 Å². The molecule has 2 aromatic rings. The van der Waals surface area contributed by atoms with Crippen LogP contribution in [0.4, 0.5) is 8.78 Å². The Bertz CT molecular complexity index is 497. The summed E-state index contributed by atoms with van der Waals surface area (Å²) in [6, 6.07) is 3.99. The molecule has 0 saturated carbocycles.